The summed E-state index contributed by atoms with van der Waals surface area (Å²) in [5.74, 6) is 0.907. The van der Waals surface area contributed by atoms with Gasteiger partial charge in [-0.05, 0) is 50.3 Å². The van der Waals surface area contributed by atoms with Crippen molar-refractivity contribution in [2.75, 3.05) is 13.2 Å². The first-order chi connectivity index (χ1) is 13.0. The molecule has 1 aromatic carbocycles. The van der Waals surface area contributed by atoms with Gasteiger partial charge in [0.1, 0.15) is 5.76 Å². The summed E-state index contributed by atoms with van der Waals surface area (Å²) in [7, 11) is 0. The number of carbonyl (C=O) groups is 1. The molecule has 4 heteroatoms. The fourth-order valence-electron chi connectivity index (χ4n) is 4.26. The van der Waals surface area contributed by atoms with Crippen LogP contribution < -0.4 is 0 Å². The Balaban J connectivity index is 1.82. The lowest BCUT2D eigenvalue weighted by Gasteiger charge is -2.47. The lowest BCUT2D eigenvalue weighted by Crippen LogP contribution is -2.47. The van der Waals surface area contributed by atoms with Crippen LogP contribution in [0.25, 0.3) is 0 Å². The summed E-state index contributed by atoms with van der Waals surface area (Å²) in [4.78, 5) is 14.1. The molecule has 0 aliphatic carbocycles. The van der Waals surface area contributed by atoms with E-state index in [1.54, 1.807) is 13.2 Å². The molecule has 0 bridgehead atoms. The van der Waals surface area contributed by atoms with Crippen molar-refractivity contribution in [3.8, 4) is 0 Å². The summed E-state index contributed by atoms with van der Waals surface area (Å²) in [5, 5.41) is 0. The molecule has 1 fully saturated rings. The van der Waals surface area contributed by atoms with Crippen molar-refractivity contribution in [2.45, 2.75) is 64.0 Å². The fraction of sp³-hybridized carbons (Fsp3) is 0.522. The van der Waals surface area contributed by atoms with Crippen molar-refractivity contribution in [2.24, 2.45) is 0 Å². The summed E-state index contributed by atoms with van der Waals surface area (Å²) in [6.07, 6.45) is 5.54. The van der Waals surface area contributed by atoms with Gasteiger partial charge in [0.15, 0.2) is 0 Å². The lowest BCUT2D eigenvalue weighted by molar-refractivity contribution is -0.130. The number of ether oxygens (including phenoxy) is 1. The molecule has 27 heavy (non-hydrogen) atoms. The first-order valence-corrected chi connectivity index (χ1v) is 9.94. The predicted molar refractivity (Wildman–Crippen MR) is 106 cm³/mol. The lowest BCUT2D eigenvalue weighted by atomic mass is 9.66. The number of amides is 1. The van der Waals surface area contributed by atoms with Crippen molar-refractivity contribution < 1.29 is 13.9 Å². The molecule has 0 spiro atoms. The topological polar surface area (TPSA) is 42.7 Å². The van der Waals surface area contributed by atoms with Crippen LogP contribution >= 0.6 is 0 Å². The van der Waals surface area contributed by atoms with E-state index in [1.807, 2.05) is 17.0 Å². The second kappa shape index (κ2) is 8.30. The van der Waals surface area contributed by atoms with Gasteiger partial charge in [-0.2, -0.15) is 0 Å². The molecule has 0 radical (unpaired) electrons. The quantitative estimate of drug-likeness (QED) is 0.694. The third-order valence-corrected chi connectivity index (χ3v) is 6.11. The largest absolute Gasteiger partial charge is 0.467 e. The van der Waals surface area contributed by atoms with Gasteiger partial charge in [0.05, 0.1) is 18.4 Å². The number of nitrogens with zero attached hydrogens (tertiary/aromatic N) is 1. The van der Waals surface area contributed by atoms with E-state index in [2.05, 4.69) is 44.2 Å². The molecule has 0 unspecified atom stereocenters. The minimum Gasteiger partial charge on any atom is -0.467 e. The van der Waals surface area contributed by atoms with E-state index in [4.69, 9.17) is 9.15 Å². The van der Waals surface area contributed by atoms with Gasteiger partial charge < -0.3 is 14.1 Å². The molecule has 2 aromatic rings. The highest BCUT2D eigenvalue weighted by molar-refractivity contribution is 5.73. The molecule has 0 saturated carbocycles. The minimum atomic E-state index is -0.115. The molecule has 1 amide bonds. The second-order valence-electron chi connectivity index (χ2n) is 7.99. The second-order valence-corrected chi connectivity index (χ2v) is 7.99. The number of furan rings is 1. The van der Waals surface area contributed by atoms with Crippen molar-refractivity contribution in [3.05, 3.63) is 60.1 Å². The van der Waals surface area contributed by atoms with Crippen LogP contribution in [-0.2, 0) is 21.5 Å². The first kappa shape index (κ1) is 19.7. The van der Waals surface area contributed by atoms with Gasteiger partial charge in [0.2, 0.25) is 5.91 Å². The molecular weight excluding hydrogens is 338 g/mol. The molecule has 2 atom stereocenters. The summed E-state index contributed by atoms with van der Waals surface area (Å²) in [6.45, 7) is 8.05. The summed E-state index contributed by atoms with van der Waals surface area (Å²) in [5.41, 5.74) is 1.27. The highest BCUT2D eigenvalue weighted by atomic mass is 16.5. The van der Waals surface area contributed by atoms with Crippen LogP contribution in [0.15, 0.2) is 53.1 Å². The van der Waals surface area contributed by atoms with Crippen LogP contribution in [0.1, 0.15) is 57.8 Å². The Kier molecular flexibility index (Phi) is 6.05. The maximum absolute atomic E-state index is 12.2. The van der Waals surface area contributed by atoms with Gasteiger partial charge in [0.25, 0.3) is 0 Å². The third kappa shape index (κ3) is 4.62. The van der Waals surface area contributed by atoms with Crippen LogP contribution in [0.4, 0.5) is 0 Å². The molecule has 1 aliphatic rings. The zero-order valence-corrected chi connectivity index (χ0v) is 16.7. The molecule has 146 valence electrons. The standard InChI is InChI=1S/C23H31NO3/c1-4-22(3)18-23(13-16-27-22,20-9-6-5-7-10-20)12-14-24(19(2)25)17-21-11-8-15-26-21/h5-11,15H,4,12-14,16-18H2,1-3H3/t22-,23-/m0/s1. The van der Waals surface area contributed by atoms with Gasteiger partial charge in [-0.25, -0.2) is 0 Å². The van der Waals surface area contributed by atoms with Gasteiger partial charge in [-0.15, -0.1) is 0 Å². The van der Waals surface area contributed by atoms with Gasteiger partial charge in [-0.1, -0.05) is 37.3 Å². The smallest absolute Gasteiger partial charge is 0.219 e. The van der Waals surface area contributed by atoms with Crippen LogP contribution in [-0.4, -0.2) is 29.6 Å². The molecule has 0 N–H and O–H groups in total. The summed E-state index contributed by atoms with van der Waals surface area (Å²) < 4.78 is 11.6. The van der Waals surface area contributed by atoms with E-state index in [-0.39, 0.29) is 16.9 Å². The molecule has 4 nitrogen and oxygen atoms in total. The third-order valence-electron chi connectivity index (χ3n) is 6.11. The van der Waals surface area contributed by atoms with Crippen molar-refractivity contribution >= 4 is 5.91 Å². The van der Waals surface area contributed by atoms with Gasteiger partial charge in [0, 0.05) is 25.5 Å². The highest BCUT2D eigenvalue weighted by Gasteiger charge is 2.43. The average molecular weight is 370 g/mol. The van der Waals surface area contributed by atoms with Crippen LogP contribution in [0.2, 0.25) is 0 Å². The van der Waals surface area contributed by atoms with E-state index in [0.717, 1.165) is 38.1 Å². The Hall–Kier alpha value is -2.07. The van der Waals surface area contributed by atoms with Gasteiger partial charge in [-0.3, -0.25) is 4.79 Å². The summed E-state index contributed by atoms with van der Waals surface area (Å²) in [6, 6.07) is 14.5. The maximum Gasteiger partial charge on any atom is 0.219 e. The van der Waals surface area contributed by atoms with Gasteiger partial charge >= 0.3 is 0 Å². The average Bonchev–Trinajstić information content (AvgIpc) is 3.19. The summed E-state index contributed by atoms with van der Waals surface area (Å²) >= 11 is 0. The normalized spacial score (nSPS) is 25.3. The Morgan fingerprint density at radius 3 is 2.59 bits per heavy atom. The predicted octanol–water partition coefficient (Wildman–Crippen LogP) is 4.94. The Bertz CT molecular complexity index is 727. The zero-order chi connectivity index (χ0) is 19.3. The van der Waals surface area contributed by atoms with E-state index >= 15 is 0 Å². The maximum atomic E-state index is 12.2. The molecule has 3 rings (SSSR count). The number of hydrogen-bond donors (Lipinski definition) is 0. The van der Waals surface area contributed by atoms with Crippen molar-refractivity contribution in [1.82, 2.24) is 4.90 Å². The SMILES string of the molecule is CC[C@@]1(C)C[C@@](CCN(Cc2ccco2)C(C)=O)(c2ccccc2)CCO1. The molecular formula is C23H31NO3. The Labute approximate surface area is 162 Å². The molecule has 1 aliphatic heterocycles. The minimum absolute atomic E-state index is 0.0289. The van der Waals surface area contributed by atoms with Crippen LogP contribution in [0.3, 0.4) is 0 Å². The van der Waals surface area contributed by atoms with E-state index in [9.17, 15) is 4.79 Å². The Morgan fingerprint density at radius 1 is 1.19 bits per heavy atom. The molecule has 1 saturated heterocycles. The van der Waals surface area contributed by atoms with E-state index in [1.165, 1.54) is 5.56 Å². The van der Waals surface area contributed by atoms with Crippen LogP contribution in [0.5, 0.6) is 0 Å². The van der Waals surface area contributed by atoms with E-state index < -0.39 is 0 Å². The fourth-order valence-corrected chi connectivity index (χ4v) is 4.26. The van der Waals surface area contributed by atoms with Crippen LogP contribution in [0, 0.1) is 0 Å². The van der Waals surface area contributed by atoms with Crippen molar-refractivity contribution in [3.63, 3.8) is 0 Å². The van der Waals surface area contributed by atoms with Crippen molar-refractivity contribution in [1.29, 1.82) is 0 Å². The number of hydrogen-bond acceptors (Lipinski definition) is 3. The molecule has 2 heterocycles. The Morgan fingerprint density at radius 2 is 1.96 bits per heavy atom. The number of rotatable bonds is 7. The first-order valence-electron chi connectivity index (χ1n) is 9.94. The highest BCUT2D eigenvalue weighted by Crippen LogP contribution is 2.45. The number of benzene rings is 1. The monoisotopic (exact) mass is 369 g/mol. The molecule has 1 aromatic heterocycles. The number of carbonyl (C=O) groups excluding carboxylic acids is 1. The van der Waals surface area contributed by atoms with E-state index in [0.29, 0.717) is 13.1 Å². The zero-order valence-electron chi connectivity index (χ0n) is 16.7.